The van der Waals surface area contributed by atoms with Crippen molar-refractivity contribution in [2.24, 2.45) is 5.92 Å². The number of amides is 1. The maximum Gasteiger partial charge on any atom is 0.225 e. The van der Waals surface area contributed by atoms with Gasteiger partial charge < -0.3 is 9.80 Å². The summed E-state index contributed by atoms with van der Waals surface area (Å²) < 4.78 is 0. The van der Waals surface area contributed by atoms with Crippen LogP contribution in [0.5, 0.6) is 0 Å². The predicted molar refractivity (Wildman–Crippen MR) is 82.4 cm³/mol. The van der Waals surface area contributed by atoms with Gasteiger partial charge in [-0.25, -0.2) is 0 Å². The van der Waals surface area contributed by atoms with Crippen LogP contribution in [0.15, 0.2) is 12.1 Å². The van der Waals surface area contributed by atoms with Crippen LogP contribution in [0.25, 0.3) is 0 Å². The molecule has 1 aromatic rings. The van der Waals surface area contributed by atoms with Crippen LogP contribution >= 0.6 is 11.6 Å². The Bertz CT molecular complexity index is 508. The fourth-order valence-electron chi connectivity index (χ4n) is 3.05. The molecule has 1 saturated carbocycles. The van der Waals surface area contributed by atoms with E-state index in [4.69, 9.17) is 11.6 Å². The molecule has 4 heteroatoms. The number of nitrogens with zero attached hydrogens (tertiary/aromatic N) is 2. The first kappa shape index (κ1) is 13.7. The summed E-state index contributed by atoms with van der Waals surface area (Å²) in [4.78, 5) is 16.4. The number of rotatable bonds is 2. The van der Waals surface area contributed by atoms with Crippen molar-refractivity contribution in [2.45, 2.75) is 26.7 Å². The molecule has 2 aliphatic rings. The van der Waals surface area contributed by atoms with Gasteiger partial charge in [-0.1, -0.05) is 17.7 Å². The highest BCUT2D eigenvalue weighted by atomic mass is 35.5. The van der Waals surface area contributed by atoms with E-state index >= 15 is 0 Å². The number of carbonyl (C=O) groups excluding carboxylic acids is 1. The Balaban J connectivity index is 1.70. The summed E-state index contributed by atoms with van der Waals surface area (Å²) in [5, 5.41) is 0.824. The van der Waals surface area contributed by atoms with Gasteiger partial charge >= 0.3 is 0 Å². The molecule has 20 heavy (non-hydrogen) atoms. The van der Waals surface area contributed by atoms with Crippen molar-refractivity contribution >= 4 is 23.2 Å². The van der Waals surface area contributed by atoms with Gasteiger partial charge in [0.2, 0.25) is 5.91 Å². The summed E-state index contributed by atoms with van der Waals surface area (Å²) in [6.45, 7) is 7.56. The number of aryl methyl sites for hydroxylation is 2. The van der Waals surface area contributed by atoms with Gasteiger partial charge in [0.05, 0.1) is 10.7 Å². The lowest BCUT2D eigenvalue weighted by Crippen LogP contribution is -2.49. The smallest absolute Gasteiger partial charge is 0.225 e. The molecule has 0 spiro atoms. The average Bonchev–Trinajstić information content (AvgIpc) is 3.22. The molecule has 108 valence electrons. The molecular weight excluding hydrogens is 272 g/mol. The first-order valence-corrected chi connectivity index (χ1v) is 7.74. The second-order valence-electron chi connectivity index (χ2n) is 6.00. The normalized spacial score (nSPS) is 19.4. The van der Waals surface area contributed by atoms with Crippen LogP contribution in [0.3, 0.4) is 0 Å². The van der Waals surface area contributed by atoms with Crippen molar-refractivity contribution < 1.29 is 4.79 Å². The minimum Gasteiger partial charge on any atom is -0.367 e. The summed E-state index contributed by atoms with van der Waals surface area (Å²) >= 11 is 6.41. The quantitative estimate of drug-likeness (QED) is 0.836. The van der Waals surface area contributed by atoms with Crippen molar-refractivity contribution in [1.82, 2.24) is 4.90 Å². The van der Waals surface area contributed by atoms with Crippen LogP contribution in [0.4, 0.5) is 5.69 Å². The molecule has 3 rings (SSSR count). The lowest BCUT2D eigenvalue weighted by Gasteiger charge is -2.37. The van der Waals surface area contributed by atoms with Gasteiger partial charge in [0, 0.05) is 32.1 Å². The van der Waals surface area contributed by atoms with Crippen molar-refractivity contribution in [2.75, 3.05) is 31.1 Å². The number of anilines is 1. The van der Waals surface area contributed by atoms with Crippen LogP contribution in [0, 0.1) is 19.8 Å². The average molecular weight is 293 g/mol. The van der Waals surface area contributed by atoms with Crippen LogP contribution < -0.4 is 4.90 Å². The molecule has 3 nitrogen and oxygen atoms in total. The van der Waals surface area contributed by atoms with Gasteiger partial charge in [-0.15, -0.1) is 0 Å². The van der Waals surface area contributed by atoms with Gasteiger partial charge in [0.1, 0.15) is 0 Å². The zero-order valence-corrected chi connectivity index (χ0v) is 12.9. The van der Waals surface area contributed by atoms with Gasteiger partial charge in [-0.05, 0) is 43.9 Å². The summed E-state index contributed by atoms with van der Waals surface area (Å²) in [5.74, 6) is 0.683. The Kier molecular flexibility index (Phi) is 3.63. The standard InChI is InChI=1S/C16H21ClN2O/c1-11-9-12(2)15(14(17)10-11)18-5-7-19(8-6-18)16(20)13-3-4-13/h9-10,13H,3-8H2,1-2H3. The maximum atomic E-state index is 12.1. The molecule has 0 aromatic heterocycles. The molecule has 1 amide bonds. The molecule has 1 aliphatic carbocycles. The number of hydrogen-bond donors (Lipinski definition) is 0. The zero-order valence-electron chi connectivity index (χ0n) is 12.2. The Hall–Kier alpha value is -1.22. The Morgan fingerprint density at radius 2 is 1.80 bits per heavy atom. The third-order valence-corrected chi connectivity index (χ3v) is 4.52. The van der Waals surface area contributed by atoms with Gasteiger partial charge in [0.15, 0.2) is 0 Å². The van der Waals surface area contributed by atoms with E-state index in [2.05, 4.69) is 24.8 Å². The number of carbonyl (C=O) groups is 1. The summed E-state index contributed by atoms with van der Waals surface area (Å²) in [7, 11) is 0. The third-order valence-electron chi connectivity index (χ3n) is 4.23. The van der Waals surface area contributed by atoms with Gasteiger partial charge in [-0.2, -0.15) is 0 Å². The van der Waals surface area contributed by atoms with E-state index < -0.39 is 0 Å². The number of piperazine rings is 1. The van der Waals surface area contributed by atoms with E-state index in [1.54, 1.807) is 0 Å². The van der Waals surface area contributed by atoms with E-state index in [0.29, 0.717) is 11.8 Å². The van der Waals surface area contributed by atoms with Crippen LogP contribution in [0.2, 0.25) is 5.02 Å². The van der Waals surface area contributed by atoms with E-state index in [-0.39, 0.29) is 0 Å². The van der Waals surface area contributed by atoms with E-state index in [9.17, 15) is 4.79 Å². The van der Waals surface area contributed by atoms with Crippen LogP contribution in [0.1, 0.15) is 24.0 Å². The topological polar surface area (TPSA) is 23.6 Å². The van der Waals surface area contributed by atoms with E-state index in [0.717, 1.165) is 49.7 Å². The van der Waals surface area contributed by atoms with Crippen molar-refractivity contribution in [1.29, 1.82) is 0 Å². The summed E-state index contributed by atoms with van der Waals surface area (Å²) in [6.07, 6.45) is 2.17. The second kappa shape index (κ2) is 5.28. The molecule has 1 heterocycles. The first-order valence-electron chi connectivity index (χ1n) is 7.37. The van der Waals surface area contributed by atoms with Crippen molar-refractivity contribution in [3.63, 3.8) is 0 Å². The molecule has 1 aliphatic heterocycles. The fourth-order valence-corrected chi connectivity index (χ4v) is 3.49. The highest BCUT2D eigenvalue weighted by Crippen LogP contribution is 2.34. The van der Waals surface area contributed by atoms with Crippen molar-refractivity contribution in [3.05, 3.63) is 28.3 Å². The molecule has 0 bridgehead atoms. The summed E-state index contributed by atoms with van der Waals surface area (Å²) in [5.41, 5.74) is 3.55. The third kappa shape index (κ3) is 2.64. The summed E-state index contributed by atoms with van der Waals surface area (Å²) in [6, 6.07) is 4.19. The first-order chi connectivity index (χ1) is 9.56. The molecule has 0 atom stereocenters. The Morgan fingerprint density at radius 3 is 2.35 bits per heavy atom. The largest absolute Gasteiger partial charge is 0.367 e. The monoisotopic (exact) mass is 292 g/mol. The molecule has 2 fully saturated rings. The van der Waals surface area contributed by atoms with E-state index in [1.807, 2.05) is 11.0 Å². The SMILES string of the molecule is Cc1cc(C)c(N2CCN(C(=O)C3CC3)CC2)c(Cl)c1. The molecule has 0 unspecified atom stereocenters. The highest BCUT2D eigenvalue weighted by molar-refractivity contribution is 6.33. The zero-order chi connectivity index (χ0) is 14.3. The molecular formula is C16H21ClN2O. The molecule has 0 radical (unpaired) electrons. The maximum absolute atomic E-state index is 12.1. The second-order valence-corrected chi connectivity index (χ2v) is 6.41. The predicted octanol–water partition coefficient (Wildman–Crippen LogP) is 3.02. The lowest BCUT2D eigenvalue weighted by molar-refractivity contribution is -0.132. The minimum absolute atomic E-state index is 0.325. The Labute approximate surface area is 125 Å². The minimum atomic E-state index is 0.325. The fraction of sp³-hybridized carbons (Fsp3) is 0.562. The molecule has 1 saturated heterocycles. The van der Waals surface area contributed by atoms with Gasteiger partial charge in [-0.3, -0.25) is 4.79 Å². The number of halogens is 1. The highest BCUT2D eigenvalue weighted by Gasteiger charge is 2.34. The molecule has 1 aromatic carbocycles. The number of benzene rings is 1. The lowest BCUT2D eigenvalue weighted by atomic mass is 10.1. The van der Waals surface area contributed by atoms with Crippen molar-refractivity contribution in [3.8, 4) is 0 Å². The van der Waals surface area contributed by atoms with Crippen LogP contribution in [-0.2, 0) is 4.79 Å². The van der Waals surface area contributed by atoms with Gasteiger partial charge in [0.25, 0.3) is 0 Å². The number of hydrogen-bond acceptors (Lipinski definition) is 2. The Morgan fingerprint density at radius 1 is 1.15 bits per heavy atom. The molecule has 0 N–H and O–H groups in total. The van der Waals surface area contributed by atoms with E-state index in [1.165, 1.54) is 11.1 Å². The van der Waals surface area contributed by atoms with Crippen LogP contribution in [-0.4, -0.2) is 37.0 Å².